The van der Waals surface area contributed by atoms with Gasteiger partial charge in [-0.15, -0.1) is 0 Å². The molecular formula is C25H34N4O3. The summed E-state index contributed by atoms with van der Waals surface area (Å²) in [5.74, 6) is 2.43. The van der Waals surface area contributed by atoms with Crippen molar-refractivity contribution in [2.24, 2.45) is 4.99 Å². The fourth-order valence-corrected chi connectivity index (χ4v) is 3.55. The van der Waals surface area contributed by atoms with Gasteiger partial charge in [-0.25, -0.2) is 4.99 Å². The van der Waals surface area contributed by atoms with E-state index in [-0.39, 0.29) is 5.91 Å². The normalized spacial score (nSPS) is 13.9. The number of rotatable bonds is 10. The molecule has 0 spiro atoms. The molecule has 0 saturated carbocycles. The van der Waals surface area contributed by atoms with Crippen molar-refractivity contribution in [3.05, 3.63) is 53.6 Å². The molecule has 1 heterocycles. The summed E-state index contributed by atoms with van der Waals surface area (Å²) in [6, 6.07) is 14.0. The molecule has 2 aromatic carbocycles. The maximum atomic E-state index is 11.9. The fraction of sp³-hybridized carbons (Fsp3) is 0.440. The average Bonchev–Trinajstić information content (AvgIpc) is 3.25. The maximum Gasteiger partial charge on any atom is 0.227 e. The average molecular weight is 439 g/mol. The molecule has 0 atom stereocenters. The van der Waals surface area contributed by atoms with Crippen LogP contribution in [0.1, 0.15) is 44.2 Å². The number of amides is 1. The first kappa shape index (κ1) is 23.4. The van der Waals surface area contributed by atoms with Crippen LogP contribution in [-0.4, -0.2) is 38.7 Å². The number of nitrogens with one attached hydrogen (secondary N) is 2. The molecule has 1 fully saturated rings. The summed E-state index contributed by atoms with van der Waals surface area (Å²) in [6.45, 7) is 7.54. The molecule has 0 unspecified atom stereocenters. The smallest absolute Gasteiger partial charge is 0.227 e. The summed E-state index contributed by atoms with van der Waals surface area (Å²) in [5.41, 5.74) is 3.14. The Balaban J connectivity index is 1.59. The lowest BCUT2D eigenvalue weighted by molar-refractivity contribution is -0.117. The second-order valence-electron chi connectivity index (χ2n) is 7.70. The molecule has 7 heteroatoms. The Bertz CT molecular complexity index is 912. The van der Waals surface area contributed by atoms with E-state index < -0.39 is 0 Å². The summed E-state index contributed by atoms with van der Waals surface area (Å²) in [6.07, 6.45) is 2.53. The third-order valence-corrected chi connectivity index (χ3v) is 5.24. The van der Waals surface area contributed by atoms with Gasteiger partial charge in [0.15, 0.2) is 17.5 Å². The molecule has 1 aliphatic rings. The van der Waals surface area contributed by atoms with Crippen LogP contribution in [0.4, 0.5) is 5.69 Å². The van der Waals surface area contributed by atoms with Crippen LogP contribution in [0, 0.1) is 0 Å². The number of aliphatic imine (C=N–C) groups is 1. The minimum atomic E-state index is 0.207. The highest BCUT2D eigenvalue weighted by molar-refractivity contribution is 5.95. The van der Waals surface area contributed by atoms with Gasteiger partial charge in [0.1, 0.15) is 0 Å². The van der Waals surface area contributed by atoms with Gasteiger partial charge in [0, 0.05) is 31.7 Å². The van der Waals surface area contributed by atoms with Gasteiger partial charge in [-0.3, -0.25) is 4.79 Å². The van der Waals surface area contributed by atoms with Crippen molar-refractivity contribution < 1.29 is 14.3 Å². The summed E-state index contributed by atoms with van der Waals surface area (Å²) in [4.78, 5) is 18.5. The van der Waals surface area contributed by atoms with Gasteiger partial charge >= 0.3 is 0 Å². The van der Waals surface area contributed by atoms with Gasteiger partial charge < -0.3 is 25.0 Å². The monoisotopic (exact) mass is 438 g/mol. The topological polar surface area (TPSA) is 75.2 Å². The molecule has 0 aromatic heterocycles. The van der Waals surface area contributed by atoms with E-state index in [1.54, 1.807) is 7.11 Å². The molecule has 0 aliphatic carbocycles. The molecule has 1 aliphatic heterocycles. The third-order valence-electron chi connectivity index (χ3n) is 5.24. The largest absolute Gasteiger partial charge is 0.493 e. The van der Waals surface area contributed by atoms with Crippen LogP contribution in [0.2, 0.25) is 0 Å². The second kappa shape index (κ2) is 12.0. The number of carbonyl (C=O) groups excluding carboxylic acids is 1. The minimum Gasteiger partial charge on any atom is -0.493 e. The van der Waals surface area contributed by atoms with Crippen molar-refractivity contribution in [2.75, 3.05) is 31.7 Å². The Hall–Kier alpha value is -3.22. The lowest BCUT2D eigenvalue weighted by atomic mass is 10.2. The molecule has 172 valence electrons. The van der Waals surface area contributed by atoms with Crippen LogP contribution < -0.4 is 25.0 Å². The Morgan fingerprint density at radius 3 is 2.50 bits per heavy atom. The first-order valence-electron chi connectivity index (χ1n) is 11.4. The van der Waals surface area contributed by atoms with Crippen molar-refractivity contribution in [1.29, 1.82) is 0 Å². The number of ether oxygens (including phenoxy) is 2. The first-order valence-corrected chi connectivity index (χ1v) is 11.4. The van der Waals surface area contributed by atoms with Crippen LogP contribution in [0.15, 0.2) is 47.5 Å². The van der Waals surface area contributed by atoms with E-state index in [1.165, 1.54) is 0 Å². The van der Waals surface area contributed by atoms with Gasteiger partial charge in [-0.05, 0) is 55.2 Å². The van der Waals surface area contributed by atoms with Crippen molar-refractivity contribution in [1.82, 2.24) is 10.6 Å². The number of nitrogens with zero attached hydrogens (tertiary/aromatic N) is 2. The van der Waals surface area contributed by atoms with Gasteiger partial charge in [0.2, 0.25) is 5.91 Å². The number of benzene rings is 2. The first-order chi connectivity index (χ1) is 15.6. The fourth-order valence-electron chi connectivity index (χ4n) is 3.55. The van der Waals surface area contributed by atoms with Crippen LogP contribution in [0.25, 0.3) is 0 Å². The lowest BCUT2D eigenvalue weighted by Gasteiger charge is -2.16. The van der Waals surface area contributed by atoms with Crippen LogP contribution in [0.3, 0.4) is 0 Å². The minimum absolute atomic E-state index is 0.207. The molecule has 0 radical (unpaired) electrons. The molecule has 0 bridgehead atoms. The molecule has 32 heavy (non-hydrogen) atoms. The predicted molar refractivity (Wildman–Crippen MR) is 128 cm³/mol. The zero-order valence-corrected chi connectivity index (χ0v) is 19.3. The summed E-state index contributed by atoms with van der Waals surface area (Å²) in [7, 11) is 1.65. The highest BCUT2D eigenvalue weighted by Crippen LogP contribution is 2.28. The summed E-state index contributed by atoms with van der Waals surface area (Å²) in [5, 5.41) is 6.66. The zero-order chi connectivity index (χ0) is 22.8. The molecule has 1 amide bonds. The molecular weight excluding hydrogens is 404 g/mol. The van der Waals surface area contributed by atoms with Crippen molar-refractivity contribution in [3.8, 4) is 11.5 Å². The van der Waals surface area contributed by atoms with Crippen molar-refractivity contribution in [2.45, 2.75) is 46.2 Å². The highest BCUT2D eigenvalue weighted by atomic mass is 16.5. The predicted octanol–water partition coefficient (Wildman–Crippen LogP) is 3.87. The number of carbonyl (C=O) groups is 1. The van der Waals surface area contributed by atoms with Crippen LogP contribution in [0.5, 0.6) is 11.5 Å². The van der Waals surface area contributed by atoms with Gasteiger partial charge in [0.25, 0.3) is 0 Å². The highest BCUT2D eigenvalue weighted by Gasteiger charge is 2.21. The maximum absolute atomic E-state index is 11.9. The molecule has 2 N–H and O–H groups in total. The molecule has 1 saturated heterocycles. The Kier molecular flexibility index (Phi) is 8.78. The second-order valence-corrected chi connectivity index (χ2v) is 7.70. The number of guanidine groups is 1. The Morgan fingerprint density at radius 2 is 1.84 bits per heavy atom. The van der Waals surface area contributed by atoms with E-state index in [1.807, 2.05) is 42.2 Å². The number of hydrogen-bond donors (Lipinski definition) is 2. The number of hydrogen-bond acceptors (Lipinski definition) is 4. The quantitative estimate of drug-likeness (QED) is 0.435. The number of methoxy groups -OCH3 is 1. The molecule has 3 rings (SSSR count). The van der Waals surface area contributed by atoms with E-state index in [9.17, 15) is 4.79 Å². The van der Waals surface area contributed by atoms with E-state index in [2.05, 4.69) is 29.7 Å². The third kappa shape index (κ3) is 6.39. The van der Waals surface area contributed by atoms with E-state index in [0.717, 1.165) is 60.2 Å². The zero-order valence-electron chi connectivity index (χ0n) is 19.3. The Labute approximate surface area is 190 Å². The summed E-state index contributed by atoms with van der Waals surface area (Å²) < 4.78 is 11.2. The van der Waals surface area contributed by atoms with Crippen molar-refractivity contribution in [3.63, 3.8) is 0 Å². The van der Waals surface area contributed by atoms with Gasteiger partial charge in [-0.1, -0.05) is 25.1 Å². The SMILES string of the molecule is CCCOc1ccc(CN=C(NCC)NCc2ccc(N3CCCC3=O)cc2)cc1OC. The van der Waals surface area contributed by atoms with E-state index in [0.29, 0.717) is 26.1 Å². The van der Waals surface area contributed by atoms with Crippen LogP contribution >= 0.6 is 0 Å². The van der Waals surface area contributed by atoms with Crippen LogP contribution in [-0.2, 0) is 17.9 Å². The van der Waals surface area contributed by atoms with E-state index in [4.69, 9.17) is 14.5 Å². The van der Waals surface area contributed by atoms with Gasteiger partial charge in [-0.2, -0.15) is 0 Å². The van der Waals surface area contributed by atoms with Crippen molar-refractivity contribution >= 4 is 17.6 Å². The standard InChI is InChI=1S/C25H34N4O3/c1-4-15-32-22-13-10-20(16-23(22)31-3)18-28-25(26-5-2)27-17-19-8-11-21(12-9-19)29-14-6-7-24(29)30/h8-13,16H,4-7,14-15,17-18H2,1-3H3,(H2,26,27,28). The van der Waals surface area contributed by atoms with Gasteiger partial charge in [0.05, 0.1) is 20.3 Å². The van der Waals surface area contributed by atoms with E-state index >= 15 is 0 Å². The number of anilines is 1. The Morgan fingerprint density at radius 1 is 1.06 bits per heavy atom. The lowest BCUT2D eigenvalue weighted by Crippen LogP contribution is -2.36. The molecule has 7 nitrogen and oxygen atoms in total. The summed E-state index contributed by atoms with van der Waals surface area (Å²) >= 11 is 0. The molecule has 2 aromatic rings.